The van der Waals surface area contributed by atoms with Gasteiger partial charge in [0.05, 0.1) is 0 Å². The summed E-state index contributed by atoms with van der Waals surface area (Å²) >= 11 is 11.2. The van der Waals surface area contributed by atoms with Gasteiger partial charge in [-0.2, -0.15) is 0 Å². The van der Waals surface area contributed by atoms with Crippen LogP contribution in [0.25, 0.3) is 42.4 Å². The number of hydrogen-bond donors (Lipinski definition) is 0. The third-order valence-electron chi connectivity index (χ3n) is 5.24. The van der Waals surface area contributed by atoms with E-state index in [0.717, 1.165) is 8.95 Å². The van der Waals surface area contributed by atoms with Crippen LogP contribution in [0.15, 0.2) is 68.2 Å². The highest BCUT2D eigenvalue weighted by Crippen LogP contribution is 2.39. The van der Waals surface area contributed by atoms with Gasteiger partial charge in [0.2, 0.25) is 0 Å². The van der Waals surface area contributed by atoms with E-state index in [0.29, 0.717) is 0 Å². The van der Waals surface area contributed by atoms with E-state index < -0.39 is 0 Å². The first-order valence-electron chi connectivity index (χ1n) is 8.97. The molecule has 0 amide bonds. The molecule has 0 nitrogen and oxygen atoms in total. The third kappa shape index (κ3) is 3.09. The van der Waals surface area contributed by atoms with Gasteiger partial charge < -0.3 is 0 Å². The van der Waals surface area contributed by atoms with E-state index in [1.807, 2.05) is 0 Å². The fourth-order valence-electron chi connectivity index (χ4n) is 3.78. The van der Waals surface area contributed by atoms with Gasteiger partial charge in [0.25, 0.3) is 0 Å². The fourth-order valence-corrected chi connectivity index (χ4v) is 6.53. The second-order valence-electron chi connectivity index (χ2n) is 7.06. The molecule has 0 unspecified atom stereocenters. The number of thiophene rings is 2. The van der Waals surface area contributed by atoms with Gasteiger partial charge in [-0.3, -0.25) is 0 Å². The van der Waals surface area contributed by atoms with Gasteiger partial charge in [-0.1, -0.05) is 43.4 Å². The summed E-state index contributed by atoms with van der Waals surface area (Å²) in [7, 11) is 2.20. The van der Waals surface area contributed by atoms with Crippen LogP contribution < -0.4 is 5.46 Å². The maximum Gasteiger partial charge on any atom is 0.140 e. The molecule has 0 atom stereocenters. The number of benzene rings is 3. The standard InChI is InChI=1S/C23H15BBr2S2/c1-12-6-13-2-4-27-22(13)10-15(12)17-8-19(24)16(9-21(17)26)18-11-23-14(3-5-28-23)7-20(18)25/h2-11H,24H2,1H3. The Morgan fingerprint density at radius 3 is 1.96 bits per heavy atom. The average molecular weight is 526 g/mol. The predicted molar refractivity (Wildman–Crippen MR) is 136 cm³/mol. The van der Waals surface area contributed by atoms with Crippen LogP contribution in [0.3, 0.4) is 0 Å². The Morgan fingerprint density at radius 2 is 1.25 bits per heavy atom. The van der Waals surface area contributed by atoms with E-state index >= 15 is 0 Å². The van der Waals surface area contributed by atoms with Crippen molar-refractivity contribution in [3.05, 3.63) is 73.8 Å². The van der Waals surface area contributed by atoms with Gasteiger partial charge in [-0.15, -0.1) is 22.7 Å². The molecule has 0 fully saturated rings. The highest BCUT2D eigenvalue weighted by molar-refractivity contribution is 9.11. The summed E-state index contributed by atoms with van der Waals surface area (Å²) in [4.78, 5) is 0. The van der Waals surface area contributed by atoms with E-state index in [2.05, 4.69) is 106 Å². The van der Waals surface area contributed by atoms with Crippen molar-refractivity contribution in [2.75, 3.05) is 0 Å². The molecule has 5 heteroatoms. The van der Waals surface area contributed by atoms with Gasteiger partial charge >= 0.3 is 0 Å². The predicted octanol–water partition coefficient (Wildman–Crippen LogP) is 7.54. The van der Waals surface area contributed by atoms with Crippen molar-refractivity contribution in [3.63, 3.8) is 0 Å². The summed E-state index contributed by atoms with van der Waals surface area (Å²) in [6, 6.07) is 18.1. The van der Waals surface area contributed by atoms with E-state index in [1.165, 1.54) is 53.5 Å². The van der Waals surface area contributed by atoms with Crippen molar-refractivity contribution in [3.8, 4) is 22.3 Å². The Kier molecular flexibility index (Phi) is 4.75. The molecule has 3 aromatic carbocycles. The average Bonchev–Trinajstić information content (AvgIpc) is 3.30. The van der Waals surface area contributed by atoms with Crippen molar-refractivity contribution in [2.45, 2.75) is 6.92 Å². The normalized spacial score (nSPS) is 11.5. The van der Waals surface area contributed by atoms with Crippen LogP contribution in [0, 0.1) is 6.92 Å². The van der Waals surface area contributed by atoms with E-state index in [1.54, 1.807) is 22.7 Å². The molecule has 5 aromatic rings. The Balaban J connectivity index is 1.69. The minimum Gasteiger partial charge on any atom is -0.144 e. The van der Waals surface area contributed by atoms with Gasteiger partial charge in [-0.25, -0.2) is 0 Å². The molecule has 0 aliphatic carbocycles. The molecular weight excluding hydrogens is 511 g/mol. The fraction of sp³-hybridized carbons (Fsp3) is 0.0435. The second kappa shape index (κ2) is 7.14. The minimum absolute atomic E-state index is 1.13. The highest BCUT2D eigenvalue weighted by Gasteiger charge is 2.14. The number of rotatable bonds is 2. The first-order valence-corrected chi connectivity index (χ1v) is 12.3. The highest BCUT2D eigenvalue weighted by atomic mass is 79.9. The van der Waals surface area contributed by atoms with Gasteiger partial charge in [0.15, 0.2) is 0 Å². The SMILES string of the molecule is Bc1cc(-c2cc3sccc3cc2C)c(Br)cc1-c1cc2sccc2cc1Br. The van der Waals surface area contributed by atoms with Crippen LogP contribution in [0.4, 0.5) is 0 Å². The van der Waals surface area contributed by atoms with Gasteiger partial charge in [0.1, 0.15) is 7.85 Å². The van der Waals surface area contributed by atoms with Crippen LogP contribution in [-0.2, 0) is 0 Å². The lowest BCUT2D eigenvalue weighted by Crippen LogP contribution is -2.08. The molecule has 2 heterocycles. The molecular formula is C23H15BBr2S2. The summed E-state index contributed by atoms with van der Waals surface area (Å²) in [5.41, 5.74) is 7.63. The smallest absolute Gasteiger partial charge is 0.140 e. The lowest BCUT2D eigenvalue weighted by atomic mass is 9.84. The Labute approximate surface area is 189 Å². The molecule has 136 valence electrons. The van der Waals surface area contributed by atoms with Crippen molar-refractivity contribution < 1.29 is 0 Å². The largest absolute Gasteiger partial charge is 0.144 e. The minimum atomic E-state index is 1.13. The van der Waals surface area contributed by atoms with Crippen molar-refractivity contribution in [2.24, 2.45) is 0 Å². The molecule has 0 saturated heterocycles. The van der Waals surface area contributed by atoms with E-state index in [-0.39, 0.29) is 0 Å². The number of fused-ring (bicyclic) bond motifs is 2. The summed E-state index contributed by atoms with van der Waals surface area (Å²) in [5.74, 6) is 0. The van der Waals surface area contributed by atoms with E-state index in [4.69, 9.17) is 0 Å². The zero-order chi connectivity index (χ0) is 19.4. The number of hydrogen-bond acceptors (Lipinski definition) is 2. The Morgan fingerprint density at radius 1 is 0.679 bits per heavy atom. The van der Waals surface area contributed by atoms with Crippen LogP contribution in [0.5, 0.6) is 0 Å². The Hall–Kier alpha value is -1.40. The van der Waals surface area contributed by atoms with Crippen molar-refractivity contribution in [1.29, 1.82) is 0 Å². The maximum atomic E-state index is 3.86. The first-order chi connectivity index (χ1) is 13.5. The molecule has 0 saturated carbocycles. The number of aryl methyl sites for hydroxylation is 1. The van der Waals surface area contributed by atoms with Crippen LogP contribution in [-0.4, -0.2) is 7.85 Å². The summed E-state index contributed by atoms with van der Waals surface area (Å²) in [6.07, 6.45) is 0. The van der Waals surface area contributed by atoms with Gasteiger partial charge in [-0.05, 0) is 98.7 Å². The first kappa shape index (κ1) is 18.6. The lowest BCUT2D eigenvalue weighted by Gasteiger charge is -2.15. The van der Waals surface area contributed by atoms with Crippen molar-refractivity contribution >= 4 is 88.0 Å². The molecule has 0 aliphatic rings. The second-order valence-corrected chi connectivity index (χ2v) is 10.7. The van der Waals surface area contributed by atoms with E-state index in [9.17, 15) is 0 Å². The molecule has 0 radical (unpaired) electrons. The van der Waals surface area contributed by atoms with Gasteiger partial charge in [0, 0.05) is 18.3 Å². The third-order valence-corrected chi connectivity index (χ3v) is 8.31. The molecule has 0 spiro atoms. The molecule has 0 N–H and O–H groups in total. The number of halogens is 2. The molecule has 0 aliphatic heterocycles. The maximum absolute atomic E-state index is 3.86. The summed E-state index contributed by atoms with van der Waals surface area (Å²) in [5, 5.41) is 6.92. The summed E-state index contributed by atoms with van der Waals surface area (Å²) < 4.78 is 4.92. The van der Waals surface area contributed by atoms with Crippen LogP contribution in [0.2, 0.25) is 0 Å². The quantitative estimate of drug-likeness (QED) is 0.209. The topological polar surface area (TPSA) is 0 Å². The Bertz CT molecular complexity index is 1260. The van der Waals surface area contributed by atoms with Crippen LogP contribution >= 0.6 is 54.5 Å². The zero-order valence-electron chi connectivity index (χ0n) is 15.3. The lowest BCUT2D eigenvalue weighted by molar-refractivity contribution is 1.48. The molecule has 5 rings (SSSR count). The molecule has 2 aromatic heterocycles. The zero-order valence-corrected chi connectivity index (χ0v) is 20.2. The molecule has 0 bridgehead atoms. The summed E-state index contributed by atoms with van der Waals surface area (Å²) in [6.45, 7) is 2.20. The molecule has 28 heavy (non-hydrogen) atoms. The van der Waals surface area contributed by atoms with Crippen LogP contribution in [0.1, 0.15) is 5.56 Å². The van der Waals surface area contributed by atoms with Crippen molar-refractivity contribution in [1.82, 2.24) is 0 Å². The monoisotopic (exact) mass is 524 g/mol.